The number of aromatic nitrogens is 4. The van der Waals surface area contributed by atoms with Gasteiger partial charge in [-0.3, -0.25) is 5.01 Å². The van der Waals surface area contributed by atoms with E-state index in [9.17, 15) is 13.2 Å². The van der Waals surface area contributed by atoms with Crippen molar-refractivity contribution in [3.05, 3.63) is 29.5 Å². The molecule has 4 aliphatic rings. The molecular weight excluding hydrogens is 497 g/mol. The number of nitrogens with one attached hydrogen (secondary N) is 2. The molecule has 38 heavy (non-hydrogen) atoms. The molecule has 2 saturated carbocycles. The van der Waals surface area contributed by atoms with Gasteiger partial charge in [-0.05, 0) is 44.9 Å². The van der Waals surface area contributed by atoms with E-state index in [0.717, 1.165) is 75.5 Å². The molecular formula is C26H35F3N8O. The lowest BCUT2D eigenvalue weighted by molar-refractivity contribution is -0.144. The number of fused-ring (bicyclic) bond motifs is 1. The van der Waals surface area contributed by atoms with Crippen LogP contribution in [0.25, 0.3) is 0 Å². The van der Waals surface area contributed by atoms with Crippen molar-refractivity contribution in [2.45, 2.75) is 75.0 Å². The predicted octanol–water partition coefficient (Wildman–Crippen LogP) is 4.38. The minimum absolute atomic E-state index is 0.0577. The Kier molecular flexibility index (Phi) is 6.92. The molecule has 0 bridgehead atoms. The summed E-state index contributed by atoms with van der Waals surface area (Å²) >= 11 is 0. The molecule has 2 aromatic rings. The normalized spacial score (nSPS) is 29.9. The highest BCUT2D eigenvalue weighted by Crippen LogP contribution is 2.40. The Hall–Kier alpha value is -2.89. The molecule has 0 aromatic carbocycles. The topological polar surface area (TPSA) is 94.6 Å². The maximum absolute atomic E-state index is 13.0. The number of H-pyrrole nitrogens is 1. The van der Waals surface area contributed by atoms with Crippen LogP contribution in [-0.4, -0.2) is 76.6 Å². The van der Waals surface area contributed by atoms with Crippen LogP contribution in [0.3, 0.4) is 0 Å². The Balaban J connectivity index is 1.16. The van der Waals surface area contributed by atoms with Gasteiger partial charge in [-0.15, -0.1) is 0 Å². The summed E-state index contributed by atoms with van der Waals surface area (Å²) in [6, 6.07) is 2.74. The number of alkyl halides is 3. The highest BCUT2D eigenvalue weighted by atomic mass is 19.4. The maximum Gasteiger partial charge on any atom is 0.449 e. The number of hydrogen-bond acceptors (Lipinski definition) is 8. The van der Waals surface area contributed by atoms with Crippen molar-refractivity contribution < 1.29 is 17.9 Å². The molecule has 2 aliphatic carbocycles. The van der Waals surface area contributed by atoms with Crippen molar-refractivity contribution >= 4 is 18.0 Å². The van der Waals surface area contributed by atoms with E-state index in [1.165, 1.54) is 6.20 Å². The van der Waals surface area contributed by atoms with Gasteiger partial charge in [-0.1, -0.05) is 0 Å². The number of ether oxygens (including phenoxy) is 1. The monoisotopic (exact) mass is 532 g/mol. The smallest absolute Gasteiger partial charge is 0.378 e. The highest BCUT2D eigenvalue weighted by molar-refractivity contribution is 5.64. The van der Waals surface area contributed by atoms with Crippen LogP contribution in [0.5, 0.6) is 0 Å². The number of aromatic amines is 1. The lowest BCUT2D eigenvalue weighted by Gasteiger charge is -2.35. The van der Waals surface area contributed by atoms with E-state index >= 15 is 0 Å². The van der Waals surface area contributed by atoms with Gasteiger partial charge in [0.05, 0.1) is 24.9 Å². The molecule has 0 spiro atoms. The Morgan fingerprint density at radius 1 is 1.03 bits per heavy atom. The molecule has 2 aliphatic heterocycles. The zero-order valence-corrected chi connectivity index (χ0v) is 21.6. The fraction of sp³-hybridized carbons (Fsp3) is 0.692. The van der Waals surface area contributed by atoms with Crippen LogP contribution < -0.4 is 10.2 Å². The molecule has 4 heterocycles. The van der Waals surface area contributed by atoms with E-state index in [1.54, 1.807) is 0 Å². The molecule has 2 aromatic heterocycles. The Labute approximate surface area is 220 Å². The van der Waals surface area contributed by atoms with E-state index < -0.39 is 12.0 Å². The van der Waals surface area contributed by atoms with Crippen molar-refractivity contribution in [2.75, 3.05) is 43.6 Å². The molecule has 6 rings (SSSR count). The molecule has 0 amide bonds. The van der Waals surface area contributed by atoms with Gasteiger partial charge < -0.3 is 19.9 Å². The molecule has 3 unspecified atom stereocenters. The first-order valence-electron chi connectivity index (χ1n) is 13.7. The quantitative estimate of drug-likeness (QED) is 0.590. The first-order chi connectivity index (χ1) is 18.3. The van der Waals surface area contributed by atoms with Crippen molar-refractivity contribution in [1.82, 2.24) is 24.9 Å². The summed E-state index contributed by atoms with van der Waals surface area (Å²) in [5.41, 5.74) is 1.65. The number of anilines is 2. The first kappa shape index (κ1) is 25.4. The summed E-state index contributed by atoms with van der Waals surface area (Å²) < 4.78 is 44.4. The molecule has 1 saturated heterocycles. The zero-order valence-electron chi connectivity index (χ0n) is 21.6. The Bertz CT molecular complexity index is 1140. The van der Waals surface area contributed by atoms with Gasteiger partial charge in [-0.2, -0.15) is 23.3 Å². The van der Waals surface area contributed by atoms with Crippen LogP contribution in [0.15, 0.2) is 17.4 Å². The van der Waals surface area contributed by atoms with Gasteiger partial charge in [0.2, 0.25) is 11.8 Å². The van der Waals surface area contributed by atoms with Crippen molar-refractivity contribution in [3.8, 4) is 0 Å². The zero-order chi connectivity index (χ0) is 26.3. The highest BCUT2D eigenvalue weighted by Gasteiger charge is 2.37. The van der Waals surface area contributed by atoms with E-state index in [-0.39, 0.29) is 12.0 Å². The fourth-order valence-electron chi connectivity index (χ4n) is 6.40. The molecule has 3 fully saturated rings. The SMILES string of the molecule is CN1N=CC2CCC(c3cc(NC4CCC(c5cnc(C(F)(F)F)[nH]5)CC4)nc(N4CCOCC4)n3)CC21. The second kappa shape index (κ2) is 10.3. The fourth-order valence-corrected chi connectivity index (χ4v) is 6.40. The lowest BCUT2D eigenvalue weighted by Crippen LogP contribution is -2.38. The summed E-state index contributed by atoms with van der Waals surface area (Å²) in [6.07, 6.45) is 5.50. The van der Waals surface area contributed by atoms with Crippen LogP contribution in [0.1, 0.15) is 74.0 Å². The minimum Gasteiger partial charge on any atom is -0.378 e. The summed E-state index contributed by atoms with van der Waals surface area (Å²) in [4.78, 5) is 18.2. The average molecular weight is 533 g/mol. The molecule has 9 nitrogen and oxygen atoms in total. The number of halogens is 3. The largest absolute Gasteiger partial charge is 0.449 e. The third-order valence-corrected chi connectivity index (χ3v) is 8.62. The Morgan fingerprint density at radius 2 is 1.79 bits per heavy atom. The van der Waals surface area contributed by atoms with Crippen molar-refractivity contribution in [1.29, 1.82) is 0 Å². The van der Waals surface area contributed by atoms with Gasteiger partial charge in [0.15, 0.2) is 0 Å². The number of rotatable bonds is 5. The standard InChI is InChI=1S/C26H35F3N8O/c1-36-22-12-17(2-3-18(22)14-31-36)20-13-23(35-25(34-20)37-8-10-38-11-9-37)32-19-6-4-16(5-7-19)21-15-30-24(33-21)26(27,28)29/h13-19,22H,2-12H2,1H3,(H,30,33)(H,32,34,35). The van der Waals surface area contributed by atoms with Crippen molar-refractivity contribution in [2.24, 2.45) is 11.0 Å². The van der Waals surface area contributed by atoms with E-state index in [4.69, 9.17) is 14.7 Å². The number of hydrogen-bond donors (Lipinski definition) is 2. The summed E-state index contributed by atoms with van der Waals surface area (Å²) in [6.45, 7) is 2.87. The number of imidazole rings is 1. The van der Waals surface area contributed by atoms with Gasteiger partial charge in [0, 0.05) is 68.1 Å². The summed E-state index contributed by atoms with van der Waals surface area (Å²) in [5.74, 6) is 1.59. The average Bonchev–Trinajstić information content (AvgIpc) is 3.57. The van der Waals surface area contributed by atoms with Gasteiger partial charge in [0.1, 0.15) is 5.82 Å². The second-order valence-corrected chi connectivity index (χ2v) is 11.0. The lowest BCUT2D eigenvalue weighted by atomic mass is 9.77. The molecule has 2 N–H and O–H groups in total. The van der Waals surface area contributed by atoms with Crippen LogP contribution >= 0.6 is 0 Å². The molecule has 206 valence electrons. The number of nitrogens with zero attached hydrogens (tertiary/aromatic N) is 6. The molecule has 3 atom stereocenters. The van der Waals surface area contributed by atoms with Gasteiger partial charge in [-0.25, -0.2) is 9.97 Å². The third-order valence-electron chi connectivity index (χ3n) is 8.62. The first-order valence-corrected chi connectivity index (χ1v) is 13.7. The van der Waals surface area contributed by atoms with Crippen LogP contribution in [0.2, 0.25) is 0 Å². The van der Waals surface area contributed by atoms with E-state index in [0.29, 0.717) is 36.8 Å². The minimum atomic E-state index is -4.45. The Morgan fingerprint density at radius 3 is 2.53 bits per heavy atom. The van der Waals surface area contributed by atoms with Gasteiger partial charge >= 0.3 is 6.18 Å². The van der Waals surface area contributed by atoms with Gasteiger partial charge in [0.25, 0.3) is 0 Å². The van der Waals surface area contributed by atoms with Crippen LogP contribution in [-0.2, 0) is 10.9 Å². The van der Waals surface area contributed by atoms with E-state index in [1.807, 2.05) is 0 Å². The summed E-state index contributed by atoms with van der Waals surface area (Å²) in [5, 5.41) is 10.3. The van der Waals surface area contributed by atoms with Crippen LogP contribution in [0, 0.1) is 5.92 Å². The predicted molar refractivity (Wildman–Crippen MR) is 137 cm³/mol. The number of morpholine rings is 1. The number of hydrazone groups is 1. The maximum atomic E-state index is 13.0. The molecule has 12 heteroatoms. The summed E-state index contributed by atoms with van der Waals surface area (Å²) in [7, 11) is 2.05. The van der Waals surface area contributed by atoms with Crippen molar-refractivity contribution in [3.63, 3.8) is 0 Å². The third kappa shape index (κ3) is 5.32. The van der Waals surface area contributed by atoms with Crippen LogP contribution in [0.4, 0.5) is 24.9 Å². The van der Waals surface area contributed by atoms with E-state index in [2.05, 4.69) is 49.6 Å². The second-order valence-electron chi connectivity index (χ2n) is 11.0. The molecule has 0 radical (unpaired) electrons.